The number of rotatable bonds is 8. The van der Waals surface area contributed by atoms with Crippen molar-refractivity contribution in [2.75, 3.05) is 20.2 Å². The summed E-state index contributed by atoms with van der Waals surface area (Å²) in [5, 5.41) is 11.5. The van der Waals surface area contributed by atoms with Gasteiger partial charge in [0.25, 0.3) is 0 Å². The highest BCUT2D eigenvalue weighted by molar-refractivity contribution is 14.0. The van der Waals surface area contributed by atoms with E-state index in [2.05, 4.69) is 64.9 Å². The molecule has 7 nitrogen and oxygen atoms in total. The summed E-state index contributed by atoms with van der Waals surface area (Å²) in [5.41, 5.74) is 1.35. The Morgan fingerprint density at radius 3 is 2.79 bits per heavy atom. The average molecular weight is 512 g/mol. The molecular formula is C21H33IN6O. The Hall–Kier alpha value is -1.68. The van der Waals surface area contributed by atoms with Crippen molar-refractivity contribution in [2.45, 2.75) is 58.2 Å². The lowest BCUT2D eigenvalue weighted by atomic mass is 9.97. The fourth-order valence-electron chi connectivity index (χ4n) is 3.58. The van der Waals surface area contributed by atoms with Crippen LogP contribution in [-0.2, 0) is 24.3 Å². The molecule has 8 heteroatoms. The molecule has 1 aliphatic heterocycles. The molecule has 2 N–H and O–H groups in total. The molecule has 3 rings (SSSR count). The molecule has 0 saturated heterocycles. The van der Waals surface area contributed by atoms with Crippen LogP contribution in [0.15, 0.2) is 35.3 Å². The summed E-state index contributed by atoms with van der Waals surface area (Å²) >= 11 is 0. The zero-order chi connectivity index (χ0) is 19.8. The summed E-state index contributed by atoms with van der Waals surface area (Å²) in [4.78, 5) is 9.42. The minimum atomic E-state index is 0. The molecule has 0 bridgehead atoms. The number of nitrogens with zero attached hydrogens (tertiary/aromatic N) is 4. The van der Waals surface area contributed by atoms with Crippen LogP contribution in [0.2, 0.25) is 0 Å². The number of methoxy groups -OCH3 is 1. The van der Waals surface area contributed by atoms with E-state index in [0.717, 1.165) is 56.5 Å². The molecule has 2 heterocycles. The second kappa shape index (κ2) is 12.1. The number of hydrogen-bond donors (Lipinski definition) is 2. The van der Waals surface area contributed by atoms with Gasteiger partial charge in [0, 0.05) is 38.6 Å². The van der Waals surface area contributed by atoms with Crippen molar-refractivity contribution >= 4 is 29.9 Å². The molecule has 0 aliphatic carbocycles. The van der Waals surface area contributed by atoms with Crippen LogP contribution in [0.3, 0.4) is 0 Å². The van der Waals surface area contributed by atoms with Crippen molar-refractivity contribution in [1.29, 1.82) is 0 Å². The predicted octanol–water partition coefficient (Wildman–Crippen LogP) is 3.11. The Morgan fingerprint density at radius 2 is 2.10 bits per heavy atom. The van der Waals surface area contributed by atoms with Gasteiger partial charge in [-0.15, -0.1) is 24.0 Å². The highest BCUT2D eigenvalue weighted by Gasteiger charge is 2.22. The van der Waals surface area contributed by atoms with Crippen LogP contribution < -0.4 is 10.6 Å². The average Bonchev–Trinajstić information content (AvgIpc) is 3.11. The van der Waals surface area contributed by atoms with Gasteiger partial charge in [-0.1, -0.05) is 37.3 Å². The van der Waals surface area contributed by atoms with Crippen molar-refractivity contribution in [2.24, 2.45) is 4.99 Å². The Kier molecular flexibility index (Phi) is 9.86. The SMILES string of the molecule is CCNC(=NCC(CC)c1ccccc1)NC1CCc2nc(COC)nn2C1.I. The van der Waals surface area contributed by atoms with E-state index in [1.165, 1.54) is 5.56 Å². The number of nitrogens with one attached hydrogen (secondary N) is 2. The third kappa shape index (κ3) is 6.67. The molecule has 0 radical (unpaired) electrons. The molecule has 0 saturated carbocycles. The Morgan fingerprint density at radius 1 is 1.31 bits per heavy atom. The number of halogens is 1. The van der Waals surface area contributed by atoms with E-state index in [9.17, 15) is 0 Å². The number of fused-ring (bicyclic) bond motifs is 1. The van der Waals surface area contributed by atoms with Gasteiger partial charge in [-0.3, -0.25) is 4.99 Å². The summed E-state index contributed by atoms with van der Waals surface area (Å²) < 4.78 is 7.15. The highest BCUT2D eigenvalue weighted by Crippen LogP contribution is 2.19. The first kappa shape index (κ1) is 23.6. The highest BCUT2D eigenvalue weighted by atomic mass is 127. The molecular weight excluding hydrogens is 479 g/mol. The van der Waals surface area contributed by atoms with Crippen molar-refractivity contribution < 1.29 is 4.74 Å². The topological polar surface area (TPSA) is 76.4 Å². The number of aromatic nitrogens is 3. The first-order valence-corrected chi connectivity index (χ1v) is 10.2. The number of aryl methyl sites for hydroxylation is 1. The normalized spacial score (nSPS) is 17.2. The Labute approximate surface area is 190 Å². The van der Waals surface area contributed by atoms with Crippen molar-refractivity contribution in [3.63, 3.8) is 0 Å². The van der Waals surface area contributed by atoms with Crippen molar-refractivity contribution in [3.05, 3.63) is 47.5 Å². The zero-order valence-electron chi connectivity index (χ0n) is 17.6. The maximum absolute atomic E-state index is 5.15. The van der Waals surface area contributed by atoms with Crippen LogP contribution in [0.25, 0.3) is 0 Å². The Bertz CT molecular complexity index is 764. The molecule has 0 amide bonds. The summed E-state index contributed by atoms with van der Waals surface area (Å²) in [6, 6.07) is 10.9. The Balaban J connectivity index is 0.00000300. The van der Waals surface area contributed by atoms with E-state index in [1.54, 1.807) is 7.11 Å². The smallest absolute Gasteiger partial charge is 0.191 e. The fraction of sp³-hybridized carbons (Fsp3) is 0.571. The molecule has 0 spiro atoms. The lowest BCUT2D eigenvalue weighted by molar-refractivity contribution is 0.177. The predicted molar refractivity (Wildman–Crippen MR) is 127 cm³/mol. The fourth-order valence-corrected chi connectivity index (χ4v) is 3.58. The molecule has 1 aliphatic rings. The quantitative estimate of drug-likeness (QED) is 0.323. The van der Waals surface area contributed by atoms with Crippen LogP contribution in [0.5, 0.6) is 0 Å². The maximum Gasteiger partial charge on any atom is 0.191 e. The van der Waals surface area contributed by atoms with Crippen LogP contribution in [0.4, 0.5) is 0 Å². The lowest BCUT2D eigenvalue weighted by Gasteiger charge is -2.25. The van der Waals surface area contributed by atoms with Gasteiger partial charge in [0.2, 0.25) is 0 Å². The van der Waals surface area contributed by atoms with Crippen LogP contribution in [-0.4, -0.2) is 47.0 Å². The largest absolute Gasteiger partial charge is 0.377 e. The number of hydrogen-bond acceptors (Lipinski definition) is 4. The monoisotopic (exact) mass is 512 g/mol. The van der Waals surface area contributed by atoms with Gasteiger partial charge in [-0.05, 0) is 25.3 Å². The van der Waals surface area contributed by atoms with Crippen molar-refractivity contribution in [1.82, 2.24) is 25.4 Å². The van der Waals surface area contributed by atoms with Gasteiger partial charge in [-0.25, -0.2) is 9.67 Å². The van der Waals surface area contributed by atoms with E-state index in [1.807, 2.05) is 4.68 Å². The van der Waals surface area contributed by atoms with E-state index in [0.29, 0.717) is 18.6 Å². The number of benzene rings is 1. The maximum atomic E-state index is 5.15. The van der Waals surface area contributed by atoms with E-state index >= 15 is 0 Å². The van der Waals surface area contributed by atoms with Gasteiger partial charge < -0.3 is 15.4 Å². The lowest BCUT2D eigenvalue weighted by Crippen LogP contribution is -2.47. The van der Waals surface area contributed by atoms with Crippen molar-refractivity contribution in [3.8, 4) is 0 Å². The molecule has 1 aromatic carbocycles. The third-order valence-corrected chi connectivity index (χ3v) is 5.09. The second-order valence-corrected chi connectivity index (χ2v) is 7.17. The van der Waals surface area contributed by atoms with Gasteiger partial charge in [-0.2, -0.15) is 5.10 Å². The summed E-state index contributed by atoms with van der Waals surface area (Å²) in [6.07, 6.45) is 3.00. The van der Waals surface area contributed by atoms with Crippen LogP contribution >= 0.6 is 24.0 Å². The minimum Gasteiger partial charge on any atom is -0.377 e. The van der Waals surface area contributed by atoms with Gasteiger partial charge in [0.15, 0.2) is 11.8 Å². The first-order valence-electron chi connectivity index (χ1n) is 10.2. The molecule has 2 aromatic rings. The van der Waals surface area contributed by atoms with Crippen LogP contribution in [0, 0.1) is 0 Å². The molecule has 29 heavy (non-hydrogen) atoms. The summed E-state index contributed by atoms with van der Waals surface area (Å²) in [7, 11) is 1.67. The second-order valence-electron chi connectivity index (χ2n) is 7.17. The van der Waals surface area contributed by atoms with Gasteiger partial charge >= 0.3 is 0 Å². The molecule has 160 valence electrons. The summed E-state index contributed by atoms with van der Waals surface area (Å²) in [6.45, 7) is 7.19. The number of aliphatic imine (C=N–C) groups is 1. The number of guanidine groups is 1. The first-order chi connectivity index (χ1) is 13.7. The molecule has 0 fully saturated rings. The zero-order valence-corrected chi connectivity index (χ0v) is 19.9. The standard InChI is InChI=1S/C21H32N6O.HI/c1-4-16(17-9-7-6-8-10-17)13-23-21(22-5-2)24-18-11-12-20-25-19(15-28-3)26-27(20)14-18;/h6-10,16,18H,4-5,11-15H2,1-3H3,(H2,22,23,24);1H. The molecule has 2 atom stereocenters. The van der Waals surface area contributed by atoms with E-state index in [-0.39, 0.29) is 24.0 Å². The van der Waals surface area contributed by atoms with Gasteiger partial charge in [0.1, 0.15) is 12.4 Å². The van der Waals surface area contributed by atoms with E-state index in [4.69, 9.17) is 9.73 Å². The number of ether oxygens (including phenoxy) is 1. The van der Waals surface area contributed by atoms with Crippen LogP contribution in [0.1, 0.15) is 49.8 Å². The van der Waals surface area contributed by atoms with E-state index < -0.39 is 0 Å². The van der Waals surface area contributed by atoms with Gasteiger partial charge in [0.05, 0.1) is 6.54 Å². The molecule has 1 aromatic heterocycles. The molecule has 2 unspecified atom stereocenters. The minimum absolute atomic E-state index is 0. The summed E-state index contributed by atoms with van der Waals surface area (Å²) in [5.74, 6) is 3.11. The third-order valence-electron chi connectivity index (χ3n) is 5.09.